The first-order chi connectivity index (χ1) is 10.3. The van der Waals surface area contributed by atoms with Crippen molar-refractivity contribution < 1.29 is 0 Å². The number of nitrogens with one attached hydrogen (secondary N) is 2. The van der Waals surface area contributed by atoms with E-state index in [1.807, 2.05) is 18.2 Å². The van der Waals surface area contributed by atoms with Gasteiger partial charge in [-0.1, -0.05) is 36.4 Å². The van der Waals surface area contributed by atoms with Crippen molar-refractivity contribution in [1.82, 2.24) is 25.3 Å². The molecule has 0 spiro atoms. The number of rotatable bonds is 5. The SMILES string of the molecule is CCNCc1ccc(Cl)cc1Sc1ncnc2nc[nH]c12. The van der Waals surface area contributed by atoms with E-state index < -0.39 is 0 Å². The Balaban J connectivity index is 1.96. The molecule has 0 atom stereocenters. The van der Waals surface area contributed by atoms with Gasteiger partial charge < -0.3 is 10.3 Å². The number of H-pyrrole nitrogens is 1. The quantitative estimate of drug-likeness (QED) is 0.707. The summed E-state index contributed by atoms with van der Waals surface area (Å²) in [6.45, 7) is 3.81. The van der Waals surface area contributed by atoms with Crippen LogP contribution in [-0.4, -0.2) is 26.5 Å². The second kappa shape index (κ2) is 6.43. The maximum absolute atomic E-state index is 6.13. The molecule has 0 aliphatic carbocycles. The van der Waals surface area contributed by atoms with Crippen molar-refractivity contribution >= 4 is 34.5 Å². The highest BCUT2D eigenvalue weighted by molar-refractivity contribution is 7.99. The smallest absolute Gasteiger partial charge is 0.181 e. The van der Waals surface area contributed by atoms with Crippen LogP contribution >= 0.6 is 23.4 Å². The third-order valence-electron chi connectivity index (χ3n) is 2.99. The highest BCUT2D eigenvalue weighted by atomic mass is 35.5. The van der Waals surface area contributed by atoms with Gasteiger partial charge in [0.15, 0.2) is 5.65 Å². The van der Waals surface area contributed by atoms with Crippen molar-refractivity contribution in [2.24, 2.45) is 0 Å². The normalized spacial score (nSPS) is 11.1. The first-order valence-electron chi connectivity index (χ1n) is 6.59. The van der Waals surface area contributed by atoms with Crippen molar-refractivity contribution in [2.75, 3.05) is 6.54 Å². The van der Waals surface area contributed by atoms with Crippen molar-refractivity contribution in [3.8, 4) is 0 Å². The molecule has 7 heteroatoms. The molecule has 0 radical (unpaired) electrons. The van der Waals surface area contributed by atoms with Gasteiger partial charge in [0.25, 0.3) is 0 Å². The summed E-state index contributed by atoms with van der Waals surface area (Å²) in [5.74, 6) is 0. The lowest BCUT2D eigenvalue weighted by molar-refractivity contribution is 0.718. The number of halogens is 1. The molecule has 21 heavy (non-hydrogen) atoms. The minimum Gasteiger partial charge on any atom is -0.341 e. The highest BCUT2D eigenvalue weighted by Gasteiger charge is 2.11. The van der Waals surface area contributed by atoms with E-state index in [2.05, 4.69) is 32.2 Å². The van der Waals surface area contributed by atoms with E-state index in [-0.39, 0.29) is 0 Å². The molecule has 0 fully saturated rings. The predicted molar refractivity (Wildman–Crippen MR) is 84.6 cm³/mol. The van der Waals surface area contributed by atoms with E-state index in [0.29, 0.717) is 10.7 Å². The topological polar surface area (TPSA) is 66.5 Å². The summed E-state index contributed by atoms with van der Waals surface area (Å²) >= 11 is 7.69. The summed E-state index contributed by atoms with van der Waals surface area (Å²) in [6, 6.07) is 5.91. The third-order valence-corrected chi connectivity index (χ3v) is 4.33. The first-order valence-corrected chi connectivity index (χ1v) is 7.78. The van der Waals surface area contributed by atoms with Crippen LogP contribution in [0.2, 0.25) is 5.02 Å². The van der Waals surface area contributed by atoms with Gasteiger partial charge in [0.2, 0.25) is 0 Å². The second-order valence-electron chi connectivity index (χ2n) is 4.41. The molecule has 0 unspecified atom stereocenters. The molecule has 0 amide bonds. The van der Waals surface area contributed by atoms with Crippen LogP contribution in [-0.2, 0) is 6.54 Å². The van der Waals surface area contributed by atoms with E-state index in [4.69, 9.17) is 11.6 Å². The van der Waals surface area contributed by atoms with Gasteiger partial charge in [0.05, 0.1) is 6.33 Å². The van der Waals surface area contributed by atoms with E-state index >= 15 is 0 Å². The van der Waals surface area contributed by atoms with E-state index in [9.17, 15) is 0 Å². The Bertz CT molecular complexity index is 758. The molecule has 1 aromatic carbocycles. The molecule has 3 aromatic rings. The number of fused-ring (bicyclic) bond motifs is 1. The first kappa shape index (κ1) is 14.3. The number of benzene rings is 1. The Morgan fingerprint density at radius 1 is 1.29 bits per heavy atom. The Morgan fingerprint density at radius 3 is 3.05 bits per heavy atom. The van der Waals surface area contributed by atoms with Gasteiger partial charge >= 0.3 is 0 Å². The predicted octanol–water partition coefficient (Wildman–Crippen LogP) is 3.27. The van der Waals surface area contributed by atoms with Crippen LogP contribution in [0, 0.1) is 0 Å². The number of hydrogen-bond acceptors (Lipinski definition) is 5. The largest absolute Gasteiger partial charge is 0.341 e. The summed E-state index contributed by atoms with van der Waals surface area (Å²) in [6.07, 6.45) is 3.15. The molecule has 0 aliphatic rings. The van der Waals surface area contributed by atoms with E-state index in [1.54, 1.807) is 18.1 Å². The maximum Gasteiger partial charge on any atom is 0.181 e. The summed E-state index contributed by atoms with van der Waals surface area (Å²) in [5, 5.41) is 4.89. The number of imidazole rings is 1. The zero-order chi connectivity index (χ0) is 14.7. The van der Waals surface area contributed by atoms with Crippen LogP contribution in [0.4, 0.5) is 0 Å². The standard InChI is InChI=1S/C14H14ClN5S/c1-2-16-6-9-3-4-10(15)5-11(9)21-14-12-13(18-7-17-12)19-8-20-14/h3-5,7-8,16H,2,6H2,1H3,(H,17,18,19,20). The van der Waals surface area contributed by atoms with Gasteiger partial charge in [-0.15, -0.1) is 0 Å². The Hall–Kier alpha value is -1.63. The average molecular weight is 320 g/mol. The van der Waals surface area contributed by atoms with E-state index in [1.165, 1.54) is 11.9 Å². The van der Waals surface area contributed by atoms with Crippen molar-refractivity contribution in [3.05, 3.63) is 41.4 Å². The molecule has 5 nitrogen and oxygen atoms in total. The average Bonchev–Trinajstić information content (AvgIpc) is 2.96. The van der Waals surface area contributed by atoms with Crippen molar-refractivity contribution in [2.45, 2.75) is 23.4 Å². The van der Waals surface area contributed by atoms with Gasteiger partial charge in [-0.05, 0) is 24.2 Å². The van der Waals surface area contributed by atoms with Gasteiger partial charge in [-0.25, -0.2) is 15.0 Å². The summed E-state index contributed by atoms with van der Waals surface area (Å²) in [4.78, 5) is 16.8. The molecule has 2 heterocycles. The third kappa shape index (κ3) is 3.18. The number of hydrogen-bond donors (Lipinski definition) is 2. The summed E-state index contributed by atoms with van der Waals surface area (Å²) in [7, 11) is 0. The number of aromatic amines is 1. The molecule has 2 N–H and O–H groups in total. The fourth-order valence-corrected chi connectivity index (χ4v) is 3.21. The number of nitrogens with zero attached hydrogens (tertiary/aromatic N) is 3. The lowest BCUT2D eigenvalue weighted by atomic mass is 10.2. The van der Waals surface area contributed by atoms with Gasteiger partial charge in [-0.2, -0.15) is 0 Å². The molecule has 3 rings (SSSR count). The van der Waals surface area contributed by atoms with Crippen LogP contribution in [0.15, 0.2) is 40.8 Å². The Kier molecular flexibility index (Phi) is 4.38. The monoisotopic (exact) mass is 319 g/mol. The van der Waals surface area contributed by atoms with Gasteiger partial charge in [-0.3, -0.25) is 0 Å². The lowest BCUT2D eigenvalue weighted by Crippen LogP contribution is -2.12. The molecule has 0 aliphatic heterocycles. The zero-order valence-corrected chi connectivity index (χ0v) is 13.0. The van der Waals surface area contributed by atoms with Gasteiger partial charge in [0, 0.05) is 16.5 Å². The Labute approximate surface area is 131 Å². The van der Waals surface area contributed by atoms with Crippen LogP contribution < -0.4 is 5.32 Å². The summed E-state index contributed by atoms with van der Waals surface area (Å²) < 4.78 is 0. The molecule has 2 aromatic heterocycles. The van der Waals surface area contributed by atoms with Gasteiger partial charge in [0.1, 0.15) is 16.9 Å². The van der Waals surface area contributed by atoms with Crippen LogP contribution in [0.3, 0.4) is 0 Å². The molecule has 0 bridgehead atoms. The molecule has 0 saturated heterocycles. The second-order valence-corrected chi connectivity index (χ2v) is 5.88. The lowest BCUT2D eigenvalue weighted by Gasteiger charge is -2.10. The van der Waals surface area contributed by atoms with Crippen LogP contribution in [0.25, 0.3) is 11.2 Å². The maximum atomic E-state index is 6.13. The van der Waals surface area contributed by atoms with E-state index in [0.717, 1.165) is 28.5 Å². The fourth-order valence-electron chi connectivity index (χ4n) is 1.95. The fraction of sp³-hybridized carbons (Fsp3) is 0.214. The summed E-state index contributed by atoms with van der Waals surface area (Å²) in [5.41, 5.74) is 2.71. The minimum absolute atomic E-state index is 0.669. The minimum atomic E-state index is 0.669. The van der Waals surface area contributed by atoms with Crippen LogP contribution in [0.1, 0.15) is 12.5 Å². The number of aromatic nitrogens is 4. The zero-order valence-electron chi connectivity index (χ0n) is 11.4. The molecular formula is C14H14ClN5S. The van der Waals surface area contributed by atoms with Crippen molar-refractivity contribution in [1.29, 1.82) is 0 Å². The molecular weight excluding hydrogens is 306 g/mol. The highest BCUT2D eigenvalue weighted by Crippen LogP contribution is 2.33. The van der Waals surface area contributed by atoms with Crippen LogP contribution in [0.5, 0.6) is 0 Å². The Morgan fingerprint density at radius 2 is 2.19 bits per heavy atom. The molecule has 0 saturated carbocycles. The van der Waals surface area contributed by atoms with Crippen molar-refractivity contribution in [3.63, 3.8) is 0 Å². The molecule has 108 valence electrons.